The van der Waals surface area contributed by atoms with E-state index in [1.54, 1.807) is 31.1 Å². The molecule has 0 aromatic carbocycles. The van der Waals surface area contributed by atoms with Gasteiger partial charge >= 0.3 is 5.97 Å². The molecular weight excluding hydrogens is 142 g/mol. The van der Waals surface area contributed by atoms with Gasteiger partial charge in [-0.15, -0.1) is 6.58 Å². The van der Waals surface area contributed by atoms with Gasteiger partial charge in [-0.05, 0) is 12.5 Å². The van der Waals surface area contributed by atoms with Gasteiger partial charge < -0.3 is 10.0 Å². The van der Waals surface area contributed by atoms with E-state index >= 15 is 0 Å². The molecule has 3 nitrogen and oxygen atoms in total. The maximum atomic E-state index is 10.5. The Bertz CT molecular complexity index is 183. The number of likely N-dealkylation sites (N-methyl/N-ethyl adjacent to an activating group) is 1. The van der Waals surface area contributed by atoms with Crippen LogP contribution in [-0.2, 0) is 4.79 Å². The molecule has 0 aromatic rings. The Morgan fingerprint density at radius 3 is 2.45 bits per heavy atom. The first-order chi connectivity index (χ1) is 5.09. The molecule has 3 heteroatoms. The van der Waals surface area contributed by atoms with Crippen LogP contribution in [0.3, 0.4) is 0 Å². The van der Waals surface area contributed by atoms with Crippen molar-refractivity contribution in [3.05, 3.63) is 24.4 Å². The minimum Gasteiger partial charge on any atom is -0.477 e. The van der Waals surface area contributed by atoms with E-state index in [1.165, 1.54) is 0 Å². The summed E-state index contributed by atoms with van der Waals surface area (Å²) in [6.45, 7) is 3.50. The van der Waals surface area contributed by atoms with Crippen LogP contribution < -0.4 is 0 Å². The van der Waals surface area contributed by atoms with E-state index in [4.69, 9.17) is 5.11 Å². The van der Waals surface area contributed by atoms with Crippen molar-refractivity contribution in [3.63, 3.8) is 0 Å². The van der Waals surface area contributed by atoms with E-state index in [1.807, 2.05) is 0 Å². The number of rotatable bonds is 4. The van der Waals surface area contributed by atoms with Crippen molar-refractivity contribution in [1.82, 2.24) is 4.90 Å². The number of carboxylic acids is 1. The summed E-state index contributed by atoms with van der Waals surface area (Å²) < 4.78 is 0. The fraction of sp³-hybridized carbons (Fsp3) is 0.375. The fourth-order valence-corrected chi connectivity index (χ4v) is 0.656. The Balaban J connectivity index is 4.32. The minimum absolute atomic E-state index is 0.296. The Labute approximate surface area is 66.6 Å². The average Bonchev–Trinajstić information content (AvgIpc) is 1.87. The maximum absolute atomic E-state index is 10.5. The summed E-state index contributed by atoms with van der Waals surface area (Å²) in [5.41, 5.74) is 0.296. The highest BCUT2D eigenvalue weighted by atomic mass is 16.4. The standard InChI is InChI=1S/C8H13NO2/c1-4-5-6-7(8(10)11)9(2)3/h4,6H,1,5H2,2-3H3,(H,10,11)/b7-6+. The largest absolute Gasteiger partial charge is 0.477 e. The van der Waals surface area contributed by atoms with Gasteiger partial charge in [-0.25, -0.2) is 4.79 Å². The Morgan fingerprint density at radius 1 is 1.64 bits per heavy atom. The zero-order valence-electron chi connectivity index (χ0n) is 6.87. The van der Waals surface area contributed by atoms with Gasteiger partial charge in [0, 0.05) is 14.1 Å². The Morgan fingerprint density at radius 2 is 2.18 bits per heavy atom. The molecule has 0 saturated heterocycles. The number of hydrogen-bond donors (Lipinski definition) is 1. The quantitative estimate of drug-likeness (QED) is 0.488. The SMILES string of the molecule is C=CC/C=C(\C(=O)O)N(C)C. The molecule has 0 aliphatic carbocycles. The predicted octanol–water partition coefficient (Wildman–Crippen LogP) is 1.09. The van der Waals surface area contributed by atoms with Crippen molar-refractivity contribution in [2.24, 2.45) is 0 Å². The van der Waals surface area contributed by atoms with Crippen LogP contribution in [0.15, 0.2) is 24.4 Å². The minimum atomic E-state index is -0.906. The highest BCUT2D eigenvalue weighted by molar-refractivity contribution is 5.85. The lowest BCUT2D eigenvalue weighted by Gasteiger charge is -2.11. The number of nitrogens with zero attached hydrogens (tertiary/aromatic N) is 1. The molecule has 0 bridgehead atoms. The van der Waals surface area contributed by atoms with Gasteiger partial charge in [0.15, 0.2) is 0 Å². The van der Waals surface area contributed by atoms with Gasteiger partial charge in [0.2, 0.25) is 0 Å². The lowest BCUT2D eigenvalue weighted by Crippen LogP contribution is -2.18. The molecule has 0 saturated carbocycles. The third-order valence-electron chi connectivity index (χ3n) is 1.18. The van der Waals surface area contributed by atoms with Crippen LogP contribution in [0.2, 0.25) is 0 Å². The molecule has 11 heavy (non-hydrogen) atoms. The molecule has 0 amide bonds. The van der Waals surface area contributed by atoms with E-state index in [2.05, 4.69) is 6.58 Å². The molecule has 0 aliphatic rings. The zero-order valence-corrected chi connectivity index (χ0v) is 6.87. The molecule has 1 N–H and O–H groups in total. The van der Waals surface area contributed by atoms with E-state index in [0.29, 0.717) is 12.1 Å². The topological polar surface area (TPSA) is 40.5 Å². The van der Waals surface area contributed by atoms with Crippen molar-refractivity contribution in [2.45, 2.75) is 6.42 Å². The molecule has 0 rings (SSSR count). The van der Waals surface area contributed by atoms with E-state index < -0.39 is 5.97 Å². The van der Waals surface area contributed by atoms with Gasteiger partial charge in [-0.1, -0.05) is 6.08 Å². The molecular formula is C8H13NO2. The van der Waals surface area contributed by atoms with Crippen LogP contribution >= 0.6 is 0 Å². The van der Waals surface area contributed by atoms with Crippen molar-refractivity contribution in [1.29, 1.82) is 0 Å². The van der Waals surface area contributed by atoms with Crippen LogP contribution in [0.1, 0.15) is 6.42 Å². The number of carboxylic acid groups (broad SMARTS) is 1. The van der Waals surface area contributed by atoms with Gasteiger partial charge in [0.05, 0.1) is 0 Å². The first-order valence-electron chi connectivity index (χ1n) is 3.31. The summed E-state index contributed by atoms with van der Waals surface area (Å²) in [5, 5.41) is 8.63. The summed E-state index contributed by atoms with van der Waals surface area (Å²) in [6.07, 6.45) is 3.86. The summed E-state index contributed by atoms with van der Waals surface area (Å²) in [5.74, 6) is -0.906. The van der Waals surface area contributed by atoms with Gasteiger partial charge in [-0.2, -0.15) is 0 Å². The van der Waals surface area contributed by atoms with Crippen molar-refractivity contribution >= 4 is 5.97 Å². The summed E-state index contributed by atoms with van der Waals surface area (Å²) >= 11 is 0. The average molecular weight is 155 g/mol. The first-order valence-corrected chi connectivity index (χ1v) is 3.31. The molecule has 0 unspecified atom stereocenters. The van der Waals surface area contributed by atoms with E-state index in [-0.39, 0.29) is 0 Å². The molecule has 0 spiro atoms. The third-order valence-corrected chi connectivity index (χ3v) is 1.18. The van der Waals surface area contributed by atoms with Gasteiger partial charge in [0.25, 0.3) is 0 Å². The Kier molecular flexibility index (Phi) is 4.03. The first kappa shape index (κ1) is 9.75. The summed E-state index contributed by atoms with van der Waals surface area (Å²) in [7, 11) is 3.39. The second kappa shape index (κ2) is 4.55. The maximum Gasteiger partial charge on any atom is 0.351 e. The second-order valence-electron chi connectivity index (χ2n) is 2.31. The Hall–Kier alpha value is -1.25. The van der Waals surface area contributed by atoms with Crippen LogP contribution in [0.5, 0.6) is 0 Å². The van der Waals surface area contributed by atoms with Crippen LogP contribution in [-0.4, -0.2) is 30.1 Å². The fourth-order valence-electron chi connectivity index (χ4n) is 0.656. The lowest BCUT2D eigenvalue weighted by atomic mass is 10.3. The highest BCUT2D eigenvalue weighted by Gasteiger charge is 2.06. The number of aliphatic carboxylic acids is 1. The van der Waals surface area contributed by atoms with Crippen molar-refractivity contribution in [2.75, 3.05) is 14.1 Å². The van der Waals surface area contributed by atoms with Gasteiger partial charge in [-0.3, -0.25) is 0 Å². The normalized spacial score (nSPS) is 10.9. The van der Waals surface area contributed by atoms with Crippen LogP contribution in [0.4, 0.5) is 0 Å². The van der Waals surface area contributed by atoms with E-state index in [0.717, 1.165) is 0 Å². The smallest absolute Gasteiger partial charge is 0.351 e. The molecule has 0 atom stereocenters. The zero-order chi connectivity index (χ0) is 8.85. The van der Waals surface area contributed by atoms with Crippen molar-refractivity contribution < 1.29 is 9.90 Å². The molecule has 0 aliphatic heterocycles. The van der Waals surface area contributed by atoms with Gasteiger partial charge in [0.1, 0.15) is 5.70 Å². The van der Waals surface area contributed by atoms with E-state index in [9.17, 15) is 4.79 Å². The molecule has 0 heterocycles. The molecule has 62 valence electrons. The number of hydrogen-bond acceptors (Lipinski definition) is 2. The van der Waals surface area contributed by atoms with Crippen LogP contribution in [0.25, 0.3) is 0 Å². The highest BCUT2D eigenvalue weighted by Crippen LogP contribution is 2.00. The summed E-state index contributed by atoms with van der Waals surface area (Å²) in [6, 6.07) is 0. The monoisotopic (exact) mass is 155 g/mol. The molecule has 0 fully saturated rings. The van der Waals surface area contributed by atoms with Crippen molar-refractivity contribution in [3.8, 4) is 0 Å². The second-order valence-corrected chi connectivity index (χ2v) is 2.31. The predicted molar refractivity (Wildman–Crippen MR) is 44.2 cm³/mol. The van der Waals surface area contributed by atoms with Crippen LogP contribution in [0, 0.1) is 0 Å². The summed E-state index contributed by atoms with van der Waals surface area (Å²) in [4.78, 5) is 12.1. The molecule has 0 radical (unpaired) electrons. The third kappa shape index (κ3) is 3.45. The molecule has 0 aromatic heterocycles. The lowest BCUT2D eigenvalue weighted by molar-refractivity contribution is -0.134. The number of carbonyl (C=O) groups is 1. The number of allylic oxidation sites excluding steroid dienone is 2.